The summed E-state index contributed by atoms with van der Waals surface area (Å²) in [7, 11) is -4.07. The number of rotatable bonds is 13. The number of amides is 2. The molecule has 3 rings (SSSR count). The maximum Gasteiger partial charge on any atom is 0.264 e. The summed E-state index contributed by atoms with van der Waals surface area (Å²) in [6, 6.07) is 22.5. The third-order valence-electron chi connectivity index (χ3n) is 6.94. The molecule has 39 heavy (non-hydrogen) atoms. The summed E-state index contributed by atoms with van der Waals surface area (Å²) in [6.07, 6.45) is 2.31. The fraction of sp³-hybridized carbons (Fsp3) is 0.355. The molecule has 0 bridgehead atoms. The van der Waals surface area contributed by atoms with Gasteiger partial charge in [0, 0.05) is 13.1 Å². The van der Waals surface area contributed by atoms with Gasteiger partial charge in [0.15, 0.2) is 0 Å². The fourth-order valence-corrected chi connectivity index (χ4v) is 5.84. The highest BCUT2D eigenvalue weighted by atomic mass is 32.2. The van der Waals surface area contributed by atoms with Gasteiger partial charge in [-0.15, -0.1) is 0 Å². The minimum atomic E-state index is -4.07. The van der Waals surface area contributed by atoms with Gasteiger partial charge in [-0.3, -0.25) is 13.9 Å². The van der Waals surface area contributed by atoms with Crippen molar-refractivity contribution in [2.45, 2.75) is 57.9 Å². The van der Waals surface area contributed by atoms with Crippen LogP contribution in [0.4, 0.5) is 5.69 Å². The summed E-state index contributed by atoms with van der Waals surface area (Å²) in [4.78, 5) is 28.5. The topological polar surface area (TPSA) is 86.8 Å². The predicted molar refractivity (Wildman–Crippen MR) is 156 cm³/mol. The third kappa shape index (κ3) is 7.69. The van der Waals surface area contributed by atoms with E-state index in [1.165, 1.54) is 21.3 Å². The quantitative estimate of drug-likeness (QED) is 0.308. The molecule has 3 aromatic carbocycles. The number of carbonyl (C=O) groups is 2. The van der Waals surface area contributed by atoms with E-state index in [2.05, 4.69) is 5.32 Å². The first-order valence-electron chi connectivity index (χ1n) is 13.4. The van der Waals surface area contributed by atoms with Crippen molar-refractivity contribution >= 4 is 27.5 Å². The highest BCUT2D eigenvalue weighted by Crippen LogP contribution is 2.29. The molecule has 0 saturated heterocycles. The maximum absolute atomic E-state index is 13.9. The lowest BCUT2D eigenvalue weighted by Crippen LogP contribution is -2.52. The van der Waals surface area contributed by atoms with Crippen LogP contribution in [0.15, 0.2) is 83.8 Å². The monoisotopic (exact) mass is 549 g/mol. The van der Waals surface area contributed by atoms with E-state index in [1.807, 2.05) is 57.2 Å². The van der Waals surface area contributed by atoms with Crippen molar-refractivity contribution in [3.8, 4) is 0 Å². The number of unbranched alkanes of at least 4 members (excludes halogenated alkanes) is 1. The van der Waals surface area contributed by atoms with Crippen molar-refractivity contribution in [3.05, 3.63) is 95.6 Å². The minimum absolute atomic E-state index is 0.0971. The predicted octanol–water partition coefficient (Wildman–Crippen LogP) is 4.87. The molecule has 0 aliphatic rings. The van der Waals surface area contributed by atoms with Gasteiger partial charge in [0.1, 0.15) is 12.6 Å². The van der Waals surface area contributed by atoms with Crippen LogP contribution in [-0.2, 0) is 26.0 Å². The fourth-order valence-electron chi connectivity index (χ4n) is 4.34. The number of nitrogens with one attached hydrogen (secondary N) is 1. The number of aryl methyl sites for hydroxylation is 1. The van der Waals surface area contributed by atoms with Crippen LogP contribution in [0, 0.1) is 13.8 Å². The number of benzene rings is 3. The first kappa shape index (κ1) is 29.9. The van der Waals surface area contributed by atoms with E-state index in [1.54, 1.807) is 37.3 Å². The number of carbonyl (C=O) groups excluding carboxylic acids is 2. The van der Waals surface area contributed by atoms with E-state index in [4.69, 9.17) is 0 Å². The lowest BCUT2D eigenvalue weighted by Gasteiger charge is -2.32. The molecule has 2 amide bonds. The Labute approximate surface area is 232 Å². The number of sulfonamides is 1. The minimum Gasteiger partial charge on any atom is -0.354 e. The van der Waals surface area contributed by atoms with Crippen molar-refractivity contribution in [1.29, 1.82) is 0 Å². The molecule has 0 fully saturated rings. The second-order valence-corrected chi connectivity index (χ2v) is 11.5. The van der Waals surface area contributed by atoms with Gasteiger partial charge in [-0.1, -0.05) is 74.0 Å². The molecule has 3 aromatic rings. The van der Waals surface area contributed by atoms with Gasteiger partial charge in [0.2, 0.25) is 11.8 Å². The summed E-state index contributed by atoms with van der Waals surface area (Å²) < 4.78 is 28.9. The van der Waals surface area contributed by atoms with Crippen molar-refractivity contribution in [1.82, 2.24) is 10.2 Å². The Morgan fingerprint density at radius 2 is 1.54 bits per heavy atom. The van der Waals surface area contributed by atoms with E-state index in [9.17, 15) is 18.0 Å². The average molecular weight is 550 g/mol. The Morgan fingerprint density at radius 1 is 0.897 bits per heavy atom. The maximum atomic E-state index is 13.9. The Morgan fingerprint density at radius 3 is 2.18 bits per heavy atom. The SMILES string of the molecule is CCCCNC(=O)[C@@H](C)N(CCc1ccccc1)C(=O)CN(c1cccc(C)c1C)S(=O)(=O)c1ccccc1. The van der Waals surface area contributed by atoms with Crippen molar-refractivity contribution in [2.24, 2.45) is 0 Å². The van der Waals surface area contributed by atoms with Gasteiger partial charge in [-0.05, 0) is 68.5 Å². The van der Waals surface area contributed by atoms with Crippen molar-refractivity contribution in [3.63, 3.8) is 0 Å². The van der Waals surface area contributed by atoms with Crippen LogP contribution in [0.25, 0.3) is 0 Å². The van der Waals surface area contributed by atoms with Crippen molar-refractivity contribution in [2.75, 3.05) is 23.9 Å². The van der Waals surface area contributed by atoms with Gasteiger partial charge in [0.05, 0.1) is 10.6 Å². The summed E-state index contributed by atoms with van der Waals surface area (Å²) >= 11 is 0. The molecule has 8 heteroatoms. The van der Waals surface area contributed by atoms with Crippen LogP contribution in [0.3, 0.4) is 0 Å². The summed E-state index contributed by atoms with van der Waals surface area (Å²) in [5, 5.41) is 2.91. The van der Waals surface area contributed by atoms with Gasteiger partial charge >= 0.3 is 0 Å². The highest BCUT2D eigenvalue weighted by molar-refractivity contribution is 7.92. The molecule has 0 heterocycles. The molecule has 0 radical (unpaired) electrons. The zero-order valence-electron chi connectivity index (χ0n) is 23.3. The first-order chi connectivity index (χ1) is 18.7. The smallest absolute Gasteiger partial charge is 0.264 e. The van der Waals surface area contributed by atoms with Gasteiger partial charge in [-0.25, -0.2) is 8.42 Å². The van der Waals surface area contributed by atoms with Crippen LogP contribution < -0.4 is 9.62 Å². The van der Waals surface area contributed by atoms with E-state index < -0.39 is 28.5 Å². The molecule has 0 saturated carbocycles. The molecular weight excluding hydrogens is 510 g/mol. The second kappa shape index (κ2) is 13.9. The van der Waals surface area contributed by atoms with Crippen LogP contribution in [0.1, 0.15) is 43.4 Å². The van der Waals surface area contributed by atoms with Gasteiger partial charge in [-0.2, -0.15) is 0 Å². The Kier molecular flexibility index (Phi) is 10.7. The molecule has 208 valence electrons. The summed E-state index contributed by atoms with van der Waals surface area (Å²) in [5.41, 5.74) is 3.15. The molecule has 0 spiro atoms. The largest absolute Gasteiger partial charge is 0.354 e. The molecule has 0 aliphatic carbocycles. The Balaban J connectivity index is 1.97. The first-order valence-corrected chi connectivity index (χ1v) is 14.9. The number of nitrogens with zero attached hydrogens (tertiary/aromatic N) is 2. The van der Waals surface area contributed by atoms with Gasteiger partial charge in [0.25, 0.3) is 10.0 Å². The van der Waals surface area contributed by atoms with E-state index in [0.29, 0.717) is 18.7 Å². The molecule has 0 aliphatic heterocycles. The zero-order chi connectivity index (χ0) is 28.4. The molecule has 1 N–H and O–H groups in total. The van der Waals surface area contributed by atoms with E-state index >= 15 is 0 Å². The molecular formula is C31H39N3O4S. The van der Waals surface area contributed by atoms with E-state index in [-0.39, 0.29) is 17.3 Å². The molecule has 0 unspecified atom stereocenters. The molecule has 7 nitrogen and oxygen atoms in total. The standard InChI is InChI=1S/C31H39N3O4S/c1-5-6-21-32-31(36)26(4)33(22-20-27-15-9-7-10-16-27)30(35)23-34(29-19-13-14-24(2)25(29)3)39(37,38)28-17-11-8-12-18-28/h7-19,26H,5-6,20-23H2,1-4H3,(H,32,36)/t26-/m1/s1. The molecule has 0 aromatic heterocycles. The number of anilines is 1. The second-order valence-electron chi connectivity index (χ2n) is 9.69. The van der Waals surface area contributed by atoms with Crippen molar-refractivity contribution < 1.29 is 18.0 Å². The lowest BCUT2D eigenvalue weighted by molar-refractivity contribution is -0.138. The van der Waals surface area contributed by atoms with Crippen LogP contribution >= 0.6 is 0 Å². The normalized spacial score (nSPS) is 12.0. The van der Waals surface area contributed by atoms with Crippen LogP contribution in [0.5, 0.6) is 0 Å². The number of hydrogen-bond donors (Lipinski definition) is 1. The Hall–Kier alpha value is -3.65. The van der Waals surface area contributed by atoms with Gasteiger partial charge < -0.3 is 10.2 Å². The third-order valence-corrected chi connectivity index (χ3v) is 8.71. The summed E-state index contributed by atoms with van der Waals surface area (Å²) in [6.45, 7) is 7.86. The molecule has 1 atom stereocenters. The van der Waals surface area contributed by atoms with E-state index in [0.717, 1.165) is 29.5 Å². The highest BCUT2D eigenvalue weighted by Gasteiger charge is 2.33. The Bertz CT molecular complexity index is 1340. The summed E-state index contributed by atoms with van der Waals surface area (Å²) in [5.74, 6) is -0.696. The number of hydrogen-bond acceptors (Lipinski definition) is 4. The lowest BCUT2D eigenvalue weighted by atomic mass is 10.1. The van der Waals surface area contributed by atoms with Crippen LogP contribution in [-0.4, -0.2) is 50.8 Å². The average Bonchev–Trinajstić information content (AvgIpc) is 2.94. The zero-order valence-corrected chi connectivity index (χ0v) is 24.1. The van der Waals surface area contributed by atoms with Crippen LogP contribution in [0.2, 0.25) is 0 Å².